The Balaban J connectivity index is 1.78. The van der Waals surface area contributed by atoms with Crippen LogP contribution in [0.5, 0.6) is 0 Å². The number of hydrogen-bond donors (Lipinski definition) is 0. The number of aryl methyl sites for hydroxylation is 3. The first-order valence-electron chi connectivity index (χ1n) is 9.09. The van der Waals surface area contributed by atoms with Gasteiger partial charge in [0.05, 0.1) is 5.52 Å². The molecule has 2 aromatic carbocycles. The zero-order chi connectivity index (χ0) is 17.6. The monoisotopic (exact) mass is 336 g/mol. The molecular weight excluding hydrogens is 311 g/mol. The zero-order valence-corrected chi connectivity index (χ0v) is 15.2. The lowest BCUT2D eigenvalue weighted by molar-refractivity contribution is 0.228. The first-order valence-corrected chi connectivity index (χ1v) is 9.09. The number of benzene rings is 2. The standard InChI is InChI=1S/C22H25FN2/c1-15-6-4-9-19-20-14-24(3)16(2)12-21(20)25(22(15)19)11-10-17-7-5-8-18(23)13-17/h4-9,13,16H,10-12,14H2,1-3H3. The maximum atomic E-state index is 13.5. The normalized spacial score (nSPS) is 17.8. The molecule has 0 amide bonds. The summed E-state index contributed by atoms with van der Waals surface area (Å²) in [5.74, 6) is -0.150. The van der Waals surface area contributed by atoms with Gasteiger partial charge in [-0.25, -0.2) is 4.39 Å². The molecule has 0 fully saturated rings. The van der Waals surface area contributed by atoms with Crippen molar-refractivity contribution in [2.24, 2.45) is 0 Å². The lowest BCUT2D eigenvalue weighted by atomic mass is 9.99. The Morgan fingerprint density at radius 1 is 1.16 bits per heavy atom. The average molecular weight is 336 g/mol. The number of nitrogens with zero attached hydrogens (tertiary/aromatic N) is 2. The number of hydrogen-bond acceptors (Lipinski definition) is 1. The van der Waals surface area contributed by atoms with Crippen LogP contribution in [0, 0.1) is 12.7 Å². The summed E-state index contributed by atoms with van der Waals surface area (Å²) in [6.07, 6.45) is 1.93. The predicted octanol–water partition coefficient (Wildman–Crippen LogP) is 4.71. The molecule has 0 saturated carbocycles. The van der Waals surface area contributed by atoms with E-state index in [2.05, 4.69) is 48.6 Å². The highest BCUT2D eigenvalue weighted by molar-refractivity contribution is 5.88. The minimum atomic E-state index is -0.150. The molecule has 25 heavy (non-hydrogen) atoms. The van der Waals surface area contributed by atoms with Gasteiger partial charge in [0, 0.05) is 36.6 Å². The topological polar surface area (TPSA) is 8.17 Å². The van der Waals surface area contributed by atoms with Crippen LogP contribution in [0.4, 0.5) is 4.39 Å². The van der Waals surface area contributed by atoms with Crippen molar-refractivity contribution < 1.29 is 4.39 Å². The third-order valence-corrected chi connectivity index (χ3v) is 5.67. The van der Waals surface area contributed by atoms with Crippen LogP contribution in [0.1, 0.15) is 29.3 Å². The van der Waals surface area contributed by atoms with Crippen LogP contribution in [-0.2, 0) is 25.9 Å². The molecular formula is C22H25FN2. The van der Waals surface area contributed by atoms with Crippen LogP contribution in [0.25, 0.3) is 10.9 Å². The molecule has 4 rings (SSSR count). The third-order valence-electron chi connectivity index (χ3n) is 5.67. The quantitative estimate of drug-likeness (QED) is 0.672. The summed E-state index contributed by atoms with van der Waals surface area (Å²) in [5, 5.41) is 1.38. The molecule has 3 heteroatoms. The van der Waals surface area contributed by atoms with E-state index in [4.69, 9.17) is 0 Å². The molecule has 130 valence electrons. The number of fused-ring (bicyclic) bond motifs is 3. The SMILES string of the molecule is Cc1cccc2c3c(n(CCc4cccc(F)c4)c12)CC(C)N(C)C3. The molecule has 1 atom stereocenters. The molecule has 3 aromatic rings. The maximum absolute atomic E-state index is 13.5. The zero-order valence-electron chi connectivity index (χ0n) is 15.2. The molecule has 0 aliphatic carbocycles. The molecule has 1 aliphatic rings. The summed E-state index contributed by atoms with van der Waals surface area (Å²) in [6.45, 7) is 6.39. The number of aromatic nitrogens is 1. The van der Waals surface area contributed by atoms with Gasteiger partial charge in [-0.3, -0.25) is 4.90 Å². The average Bonchev–Trinajstić information content (AvgIpc) is 2.88. The lowest BCUT2D eigenvalue weighted by Gasteiger charge is -2.31. The van der Waals surface area contributed by atoms with Crippen molar-refractivity contribution >= 4 is 10.9 Å². The van der Waals surface area contributed by atoms with Gasteiger partial charge in [-0.2, -0.15) is 0 Å². The third kappa shape index (κ3) is 2.87. The van der Waals surface area contributed by atoms with Crippen molar-refractivity contribution in [2.75, 3.05) is 7.05 Å². The summed E-state index contributed by atoms with van der Waals surface area (Å²) >= 11 is 0. The van der Waals surface area contributed by atoms with Crippen molar-refractivity contribution in [3.05, 3.63) is 70.7 Å². The largest absolute Gasteiger partial charge is 0.344 e. The van der Waals surface area contributed by atoms with Gasteiger partial charge in [0.15, 0.2) is 0 Å². The van der Waals surface area contributed by atoms with Gasteiger partial charge in [0.25, 0.3) is 0 Å². The highest BCUT2D eigenvalue weighted by Gasteiger charge is 2.26. The van der Waals surface area contributed by atoms with Crippen molar-refractivity contribution in [3.8, 4) is 0 Å². The van der Waals surface area contributed by atoms with Gasteiger partial charge in [0.1, 0.15) is 5.82 Å². The van der Waals surface area contributed by atoms with Gasteiger partial charge in [0.2, 0.25) is 0 Å². The fourth-order valence-corrected chi connectivity index (χ4v) is 4.14. The van der Waals surface area contributed by atoms with Crippen LogP contribution in [0.3, 0.4) is 0 Å². The Hall–Kier alpha value is -2.13. The summed E-state index contributed by atoms with van der Waals surface area (Å²) in [4.78, 5) is 2.43. The summed E-state index contributed by atoms with van der Waals surface area (Å²) < 4.78 is 16.0. The van der Waals surface area contributed by atoms with E-state index in [-0.39, 0.29) is 5.82 Å². The van der Waals surface area contributed by atoms with Crippen LogP contribution in [0.2, 0.25) is 0 Å². The van der Waals surface area contributed by atoms with E-state index in [1.165, 1.54) is 33.8 Å². The van der Waals surface area contributed by atoms with Crippen molar-refractivity contribution in [3.63, 3.8) is 0 Å². The van der Waals surface area contributed by atoms with E-state index in [0.29, 0.717) is 6.04 Å². The van der Waals surface area contributed by atoms with Crippen molar-refractivity contribution in [1.82, 2.24) is 9.47 Å². The van der Waals surface area contributed by atoms with Gasteiger partial charge in [-0.15, -0.1) is 0 Å². The molecule has 1 aromatic heterocycles. The fourth-order valence-electron chi connectivity index (χ4n) is 4.14. The molecule has 0 N–H and O–H groups in total. The van der Waals surface area contributed by atoms with Crippen LogP contribution < -0.4 is 0 Å². The van der Waals surface area contributed by atoms with Crippen LogP contribution in [0.15, 0.2) is 42.5 Å². The Morgan fingerprint density at radius 2 is 1.96 bits per heavy atom. The number of para-hydroxylation sites is 1. The molecule has 1 aliphatic heterocycles. The molecule has 1 unspecified atom stereocenters. The molecule has 2 nitrogen and oxygen atoms in total. The Morgan fingerprint density at radius 3 is 2.76 bits per heavy atom. The highest BCUT2D eigenvalue weighted by atomic mass is 19.1. The van der Waals surface area contributed by atoms with Crippen molar-refractivity contribution in [2.45, 2.75) is 45.8 Å². The van der Waals surface area contributed by atoms with E-state index in [1.54, 1.807) is 12.1 Å². The second-order valence-electron chi connectivity index (χ2n) is 7.40. The Bertz CT molecular complexity index is 925. The first kappa shape index (κ1) is 16.3. The molecule has 2 heterocycles. The van der Waals surface area contributed by atoms with E-state index >= 15 is 0 Å². The first-order chi connectivity index (χ1) is 12.0. The van der Waals surface area contributed by atoms with Gasteiger partial charge in [-0.05, 0) is 56.1 Å². The molecule has 0 spiro atoms. The molecule has 0 bridgehead atoms. The van der Waals surface area contributed by atoms with E-state index in [1.807, 2.05) is 6.07 Å². The van der Waals surface area contributed by atoms with Crippen LogP contribution >= 0.6 is 0 Å². The smallest absolute Gasteiger partial charge is 0.123 e. The number of rotatable bonds is 3. The predicted molar refractivity (Wildman–Crippen MR) is 101 cm³/mol. The van der Waals surface area contributed by atoms with Crippen LogP contribution in [-0.4, -0.2) is 22.6 Å². The summed E-state index contributed by atoms with van der Waals surface area (Å²) in [7, 11) is 2.21. The van der Waals surface area contributed by atoms with Crippen molar-refractivity contribution in [1.29, 1.82) is 0 Å². The molecule has 0 radical (unpaired) electrons. The Kier molecular flexibility index (Phi) is 4.12. The van der Waals surface area contributed by atoms with Gasteiger partial charge < -0.3 is 4.57 Å². The number of halogens is 1. The second kappa shape index (κ2) is 6.30. The van der Waals surface area contributed by atoms with E-state index < -0.39 is 0 Å². The summed E-state index contributed by atoms with van der Waals surface area (Å²) in [6, 6.07) is 14.1. The van der Waals surface area contributed by atoms with Gasteiger partial charge >= 0.3 is 0 Å². The maximum Gasteiger partial charge on any atom is 0.123 e. The van der Waals surface area contributed by atoms with Gasteiger partial charge in [-0.1, -0.05) is 30.3 Å². The Labute approximate surface area is 148 Å². The van der Waals surface area contributed by atoms with E-state index in [0.717, 1.165) is 31.5 Å². The minimum absolute atomic E-state index is 0.150. The molecule has 0 saturated heterocycles. The lowest BCUT2D eigenvalue weighted by Crippen LogP contribution is -2.35. The van der Waals surface area contributed by atoms with E-state index in [9.17, 15) is 4.39 Å². The minimum Gasteiger partial charge on any atom is -0.344 e. The fraction of sp³-hybridized carbons (Fsp3) is 0.364. The summed E-state index contributed by atoms with van der Waals surface area (Å²) in [5.41, 5.74) is 6.67. The second-order valence-corrected chi connectivity index (χ2v) is 7.40. The highest BCUT2D eigenvalue weighted by Crippen LogP contribution is 2.34. The number of likely N-dealkylation sites (N-methyl/N-ethyl adjacent to an activating group) is 1.